The van der Waals surface area contributed by atoms with Gasteiger partial charge in [-0.05, 0) is 85.4 Å². The molecule has 0 N–H and O–H groups in total. The van der Waals surface area contributed by atoms with Crippen LogP contribution in [-0.2, 0) is 53.0 Å². The first-order valence-corrected chi connectivity index (χ1v) is 26.9. The number of benzene rings is 2. The number of anilines is 2. The van der Waals surface area contributed by atoms with E-state index in [0.717, 1.165) is 53.1 Å². The van der Waals surface area contributed by atoms with Crippen LogP contribution in [0.3, 0.4) is 0 Å². The van der Waals surface area contributed by atoms with Crippen LogP contribution in [0.1, 0.15) is 99.8 Å². The number of hydrogen-bond donors (Lipinski definition) is 0. The Kier molecular flexibility index (Phi) is 16.1. The summed E-state index contributed by atoms with van der Waals surface area (Å²) in [6, 6.07) is 25.5. The molecule has 16 nitrogen and oxygen atoms in total. The predicted octanol–water partition coefficient (Wildman–Crippen LogP) is 8.37. The van der Waals surface area contributed by atoms with E-state index in [2.05, 4.69) is 92.6 Å². The topological polar surface area (TPSA) is 162 Å². The van der Waals surface area contributed by atoms with Gasteiger partial charge in [0, 0.05) is 97.4 Å². The zero-order chi connectivity index (χ0) is 51.0. The number of ether oxygens (including phenoxy) is 3. The fourth-order valence-electron chi connectivity index (χ4n) is 12.5. The zero-order valence-corrected chi connectivity index (χ0v) is 42.7. The Labute approximate surface area is 432 Å². The Hall–Kier alpha value is -6.87. The Morgan fingerprint density at radius 1 is 0.595 bits per heavy atom. The van der Waals surface area contributed by atoms with Crippen LogP contribution in [0.15, 0.2) is 72.8 Å². The van der Waals surface area contributed by atoms with E-state index >= 15 is 0 Å². The van der Waals surface area contributed by atoms with Gasteiger partial charge in [0.2, 0.25) is 17.7 Å². The van der Waals surface area contributed by atoms with Crippen LogP contribution in [0.4, 0.5) is 11.4 Å². The van der Waals surface area contributed by atoms with Gasteiger partial charge in [-0.25, -0.2) is 4.98 Å². The summed E-state index contributed by atoms with van der Waals surface area (Å²) in [5.41, 5.74) is 13.1. The van der Waals surface area contributed by atoms with E-state index < -0.39 is 0 Å². The number of para-hydroxylation sites is 2. The minimum Gasteiger partial charge on any atom is -0.410 e. The van der Waals surface area contributed by atoms with Gasteiger partial charge < -0.3 is 42.9 Å². The molecule has 0 unspecified atom stereocenters. The second-order valence-corrected chi connectivity index (χ2v) is 20.2. The smallest absolute Gasteiger partial charge is 0.373 e. The van der Waals surface area contributed by atoms with Crippen molar-refractivity contribution < 1.29 is 38.2 Å². The van der Waals surface area contributed by atoms with Crippen LogP contribution in [0.5, 0.6) is 5.88 Å². The number of fused-ring (bicyclic) bond motifs is 10. The minimum atomic E-state index is 0.136. The van der Waals surface area contributed by atoms with E-state index in [0.29, 0.717) is 103 Å². The largest absolute Gasteiger partial charge is 0.410 e. The molecule has 2 amide bonds. The molecule has 388 valence electrons. The monoisotopic (exact) mass is 1000 g/mol. The van der Waals surface area contributed by atoms with Crippen LogP contribution in [0, 0.1) is 0 Å². The van der Waals surface area contributed by atoms with Crippen molar-refractivity contribution in [3.05, 3.63) is 89.6 Å². The number of carbonyl (C=O) groups is 3. The fraction of sp³-hybridized carbons (Fsp3) is 0.483. The van der Waals surface area contributed by atoms with Crippen LogP contribution in [0.25, 0.3) is 44.6 Å². The molecule has 8 heterocycles. The Morgan fingerprint density at radius 3 is 1.50 bits per heavy atom. The molecule has 4 aromatic heterocycles. The number of carbonyl (C=O) groups excluding carboxylic acids is 5. The highest BCUT2D eigenvalue weighted by molar-refractivity contribution is 5.96. The average Bonchev–Trinajstić information content (AvgIpc) is 3.83. The summed E-state index contributed by atoms with van der Waals surface area (Å²) in [5, 5.41) is 2.47. The molecule has 4 aliphatic heterocycles. The summed E-state index contributed by atoms with van der Waals surface area (Å²) in [4.78, 5) is 72.0. The molecule has 2 saturated carbocycles. The number of aromatic nitrogens is 4. The highest BCUT2D eigenvalue weighted by atomic mass is 16.5. The molecule has 0 bridgehead atoms. The predicted molar refractivity (Wildman–Crippen MR) is 282 cm³/mol. The first kappa shape index (κ1) is 50.7. The van der Waals surface area contributed by atoms with Gasteiger partial charge >= 0.3 is 6.15 Å². The lowest BCUT2D eigenvalue weighted by atomic mass is 9.82. The molecule has 12 rings (SSSR count). The summed E-state index contributed by atoms with van der Waals surface area (Å²) in [6.45, 7) is 11.5. The van der Waals surface area contributed by atoms with Gasteiger partial charge in [0.25, 0.3) is 6.47 Å². The zero-order valence-electron chi connectivity index (χ0n) is 42.7. The normalized spacial score (nSPS) is 18.0. The van der Waals surface area contributed by atoms with Gasteiger partial charge in [-0.1, -0.05) is 81.8 Å². The summed E-state index contributed by atoms with van der Waals surface area (Å²) in [7, 11) is 0. The summed E-state index contributed by atoms with van der Waals surface area (Å²) in [6.07, 6.45) is 13.7. The number of pyridine rings is 2. The maximum atomic E-state index is 13.2. The second kappa shape index (κ2) is 23.6. The molecular formula is C58H68N8O8. The number of hydrogen-bond acceptors (Lipinski definition) is 12. The van der Waals surface area contributed by atoms with Crippen molar-refractivity contribution in [3.8, 4) is 28.4 Å². The van der Waals surface area contributed by atoms with Gasteiger partial charge in [-0.15, -0.1) is 0 Å². The van der Waals surface area contributed by atoms with E-state index in [4.69, 9.17) is 33.8 Å². The summed E-state index contributed by atoms with van der Waals surface area (Å²) < 4.78 is 20.8. The molecule has 0 radical (unpaired) electrons. The number of aryl methyl sites for hydroxylation is 1. The van der Waals surface area contributed by atoms with Crippen molar-refractivity contribution in [1.29, 1.82) is 0 Å². The maximum Gasteiger partial charge on any atom is 0.373 e. The van der Waals surface area contributed by atoms with E-state index in [1.54, 1.807) is 6.07 Å². The minimum absolute atomic E-state index is 0.136. The fourth-order valence-corrected chi connectivity index (χ4v) is 12.5. The van der Waals surface area contributed by atoms with Crippen molar-refractivity contribution in [2.24, 2.45) is 0 Å². The van der Waals surface area contributed by atoms with E-state index in [1.807, 2.05) is 9.80 Å². The summed E-state index contributed by atoms with van der Waals surface area (Å²) in [5.74, 6) is 1.68. The lowest BCUT2D eigenvalue weighted by Crippen LogP contribution is -2.46. The Balaban J connectivity index is 0.000000161. The lowest BCUT2D eigenvalue weighted by molar-refractivity contribution is -0.191. The molecule has 4 fully saturated rings. The van der Waals surface area contributed by atoms with E-state index in [-0.39, 0.29) is 18.0 Å². The van der Waals surface area contributed by atoms with Crippen molar-refractivity contribution in [2.45, 2.75) is 102 Å². The Bertz CT molecular complexity index is 2990. The quantitative estimate of drug-likeness (QED) is 0.128. The first-order valence-electron chi connectivity index (χ1n) is 26.9. The molecule has 2 aromatic carbocycles. The van der Waals surface area contributed by atoms with Crippen LogP contribution >= 0.6 is 0 Å². The van der Waals surface area contributed by atoms with Gasteiger partial charge in [0.05, 0.1) is 50.9 Å². The van der Waals surface area contributed by atoms with Gasteiger partial charge in [0.1, 0.15) is 11.3 Å². The van der Waals surface area contributed by atoms with Crippen LogP contribution < -0.4 is 14.5 Å². The lowest BCUT2D eigenvalue weighted by Gasteiger charge is -2.31. The number of rotatable bonds is 9. The molecule has 6 aromatic rings. The average molecular weight is 1010 g/mol. The van der Waals surface area contributed by atoms with Gasteiger partial charge in [0.15, 0.2) is 0 Å². The number of amides is 2. The standard InChI is InChI=1S/C29H36N4O2.C28H32N4O4.CO2/c1-2-22-12-13-24-27(21-8-4-3-5-9-21)28-23-10-6-7-11-25(23)32(14-15-33(28)29(24)30-22)20-26(34)31-16-18-35-19-17-31;33-19-36-24-11-10-22-26(20-6-2-1-3-7-20)27-21-8-4-5-9-23(21)31(12-13-32(27)28(22)29-24)18-25(34)30-14-16-35-17-15-30;2-1-3/h6-7,10-13,21H,2-5,8-9,14-20H2,1H3;4-5,8-11,19-20H,1-3,6-7,12-18H2;. The van der Waals surface area contributed by atoms with Crippen molar-refractivity contribution in [1.82, 2.24) is 28.9 Å². The summed E-state index contributed by atoms with van der Waals surface area (Å²) >= 11 is 0. The third kappa shape index (κ3) is 10.4. The van der Waals surface area contributed by atoms with Crippen molar-refractivity contribution in [2.75, 3.05) is 88.6 Å². The molecule has 74 heavy (non-hydrogen) atoms. The maximum absolute atomic E-state index is 13.2. The highest BCUT2D eigenvalue weighted by Gasteiger charge is 2.34. The first-order chi connectivity index (χ1) is 36.4. The van der Waals surface area contributed by atoms with Gasteiger partial charge in [-0.2, -0.15) is 14.6 Å². The molecule has 0 spiro atoms. The van der Waals surface area contributed by atoms with Gasteiger partial charge in [-0.3, -0.25) is 14.4 Å². The van der Waals surface area contributed by atoms with E-state index in [1.165, 1.54) is 103 Å². The van der Waals surface area contributed by atoms with Crippen LogP contribution in [0.2, 0.25) is 0 Å². The van der Waals surface area contributed by atoms with Crippen LogP contribution in [-0.4, -0.2) is 132 Å². The third-order valence-corrected chi connectivity index (χ3v) is 16.0. The SMILES string of the molecule is CCc1ccc2c(C3CCCCC3)c3n(c2n1)CCN(CC(=O)N1CCOCC1)c1ccccc1-3.O=C=O.O=COc1ccc2c(C3CCCCC3)c3n(c2n1)CCN(CC(=O)N1CCOCC1)c1ccccc1-3. The molecule has 2 aliphatic carbocycles. The second-order valence-electron chi connectivity index (χ2n) is 20.2. The molecular weight excluding hydrogens is 937 g/mol. The number of morpholine rings is 2. The van der Waals surface area contributed by atoms with Crippen molar-refractivity contribution in [3.63, 3.8) is 0 Å². The molecule has 16 heteroatoms. The van der Waals surface area contributed by atoms with E-state index in [9.17, 15) is 14.4 Å². The van der Waals surface area contributed by atoms with Crippen molar-refractivity contribution >= 4 is 57.9 Å². The molecule has 0 atom stereocenters. The Morgan fingerprint density at radius 2 is 1.04 bits per heavy atom. The highest BCUT2D eigenvalue weighted by Crippen LogP contribution is 2.49. The number of nitrogens with zero attached hydrogens (tertiary/aromatic N) is 8. The molecule has 2 saturated heterocycles. The molecule has 6 aliphatic rings. The third-order valence-electron chi connectivity index (χ3n) is 16.0.